The summed E-state index contributed by atoms with van der Waals surface area (Å²) in [6.45, 7) is 5.93. The Morgan fingerprint density at radius 1 is 1.62 bits per heavy atom. The fourth-order valence-corrected chi connectivity index (χ4v) is 1.63. The Labute approximate surface area is 108 Å². The van der Waals surface area contributed by atoms with Gasteiger partial charge in [0.15, 0.2) is 5.75 Å². The zero-order chi connectivity index (χ0) is 12.1. The Bertz CT molecular complexity index is 418. The molecule has 0 aliphatic heterocycles. The van der Waals surface area contributed by atoms with Crippen LogP contribution in [0.4, 0.5) is 0 Å². The predicted molar refractivity (Wildman–Crippen MR) is 68.6 cm³/mol. The Morgan fingerprint density at radius 3 is 2.88 bits per heavy atom. The number of hydrogen-bond donors (Lipinski definition) is 0. The molecule has 0 unspecified atom stereocenters. The van der Waals surface area contributed by atoms with E-state index >= 15 is 0 Å². The second-order valence-electron chi connectivity index (χ2n) is 3.22. The first-order valence-electron chi connectivity index (χ1n) is 4.56. The van der Waals surface area contributed by atoms with Gasteiger partial charge in [0.25, 0.3) is 0 Å². The number of hydrogen-bond acceptors (Lipinski definition) is 4. The molecule has 1 heterocycles. The summed E-state index contributed by atoms with van der Waals surface area (Å²) in [4.78, 5) is 15.5. The number of aromatic nitrogens is 1. The van der Waals surface area contributed by atoms with Crippen LogP contribution in [-0.2, 0) is 4.74 Å². The number of halogens is 1. The number of carbonyl (C=O) groups excluding carboxylic acids is 1. The van der Waals surface area contributed by atoms with Crippen molar-refractivity contribution in [1.29, 1.82) is 0 Å². The molecular formula is C11H12INO3. The highest BCUT2D eigenvalue weighted by Crippen LogP contribution is 2.24. The first-order valence-corrected chi connectivity index (χ1v) is 5.64. The van der Waals surface area contributed by atoms with E-state index in [1.165, 1.54) is 7.11 Å². The average Bonchev–Trinajstić information content (AvgIpc) is 2.25. The zero-order valence-electron chi connectivity index (χ0n) is 9.12. The van der Waals surface area contributed by atoms with Gasteiger partial charge < -0.3 is 9.47 Å². The molecule has 0 aromatic carbocycles. The van der Waals surface area contributed by atoms with E-state index in [-0.39, 0.29) is 0 Å². The van der Waals surface area contributed by atoms with Crippen LogP contribution >= 0.6 is 22.6 Å². The van der Waals surface area contributed by atoms with Gasteiger partial charge >= 0.3 is 5.97 Å². The van der Waals surface area contributed by atoms with Gasteiger partial charge in [-0.25, -0.2) is 9.78 Å². The van der Waals surface area contributed by atoms with Crippen molar-refractivity contribution in [3.63, 3.8) is 0 Å². The summed E-state index contributed by atoms with van der Waals surface area (Å²) in [6.07, 6.45) is 1.54. The smallest absolute Gasteiger partial charge is 0.341 e. The van der Waals surface area contributed by atoms with Crippen LogP contribution in [0.2, 0.25) is 0 Å². The van der Waals surface area contributed by atoms with Crippen molar-refractivity contribution < 1.29 is 14.3 Å². The van der Waals surface area contributed by atoms with Crippen molar-refractivity contribution in [2.75, 3.05) is 13.7 Å². The number of rotatable bonds is 4. The molecular weight excluding hydrogens is 321 g/mol. The predicted octanol–water partition coefficient (Wildman–Crippen LogP) is 2.43. The minimum atomic E-state index is -0.433. The molecule has 16 heavy (non-hydrogen) atoms. The standard InChI is InChI=1S/C11H12INO3/c1-7(2)6-16-9-8(11(14)15-3)4-5-13-10(9)12/h4-5H,1,6H2,2-3H3. The highest BCUT2D eigenvalue weighted by Gasteiger charge is 2.16. The minimum Gasteiger partial charge on any atom is -0.486 e. The van der Waals surface area contributed by atoms with Gasteiger partial charge in [0.2, 0.25) is 0 Å². The molecule has 0 fully saturated rings. The van der Waals surface area contributed by atoms with E-state index in [0.717, 1.165) is 5.57 Å². The van der Waals surface area contributed by atoms with Gasteiger partial charge in [0.05, 0.1) is 7.11 Å². The molecule has 0 bridgehead atoms. The fourth-order valence-electron chi connectivity index (χ4n) is 1.03. The molecule has 1 aromatic rings. The first-order chi connectivity index (χ1) is 7.56. The normalized spacial score (nSPS) is 9.69. The Hall–Kier alpha value is -1.11. The third-order valence-corrected chi connectivity index (χ3v) is 2.50. The van der Waals surface area contributed by atoms with Crippen molar-refractivity contribution in [2.24, 2.45) is 0 Å². The lowest BCUT2D eigenvalue weighted by Crippen LogP contribution is -2.09. The molecule has 0 saturated carbocycles. The Balaban J connectivity index is 3.03. The third kappa shape index (κ3) is 3.19. The Kier molecular flexibility index (Phi) is 4.72. The number of nitrogens with zero attached hydrogens (tertiary/aromatic N) is 1. The summed E-state index contributed by atoms with van der Waals surface area (Å²) in [5.41, 5.74) is 1.25. The summed E-state index contributed by atoms with van der Waals surface area (Å²) in [5.74, 6) is 0.00924. The second kappa shape index (κ2) is 5.83. The minimum absolute atomic E-state index is 0.353. The Morgan fingerprint density at radius 2 is 2.31 bits per heavy atom. The van der Waals surface area contributed by atoms with Crippen LogP contribution in [0.25, 0.3) is 0 Å². The van der Waals surface area contributed by atoms with E-state index in [1.807, 2.05) is 29.5 Å². The van der Waals surface area contributed by atoms with Crippen LogP contribution in [0.15, 0.2) is 24.4 Å². The molecule has 5 heteroatoms. The number of pyridine rings is 1. The lowest BCUT2D eigenvalue weighted by atomic mass is 10.2. The first kappa shape index (κ1) is 13.0. The van der Waals surface area contributed by atoms with Crippen molar-refractivity contribution >= 4 is 28.6 Å². The molecule has 4 nitrogen and oxygen atoms in total. The maximum atomic E-state index is 11.5. The van der Waals surface area contributed by atoms with Gasteiger partial charge in [-0.2, -0.15) is 0 Å². The van der Waals surface area contributed by atoms with E-state index in [1.54, 1.807) is 12.3 Å². The van der Waals surface area contributed by atoms with Gasteiger partial charge in [-0.1, -0.05) is 6.58 Å². The quantitative estimate of drug-likeness (QED) is 0.368. The van der Waals surface area contributed by atoms with Crippen molar-refractivity contribution in [2.45, 2.75) is 6.92 Å². The molecule has 1 rings (SSSR count). The maximum Gasteiger partial charge on any atom is 0.341 e. The fraction of sp³-hybridized carbons (Fsp3) is 0.273. The van der Waals surface area contributed by atoms with Crippen LogP contribution in [0.5, 0.6) is 5.75 Å². The molecule has 1 aromatic heterocycles. The monoisotopic (exact) mass is 333 g/mol. The number of carbonyl (C=O) groups is 1. The molecule has 0 amide bonds. The number of methoxy groups -OCH3 is 1. The maximum absolute atomic E-state index is 11.5. The number of ether oxygens (including phenoxy) is 2. The van der Waals surface area contributed by atoms with Gasteiger partial charge in [0, 0.05) is 6.20 Å². The van der Waals surface area contributed by atoms with E-state index in [9.17, 15) is 4.79 Å². The van der Waals surface area contributed by atoms with Crippen LogP contribution in [0.3, 0.4) is 0 Å². The average molecular weight is 333 g/mol. The third-order valence-electron chi connectivity index (χ3n) is 1.73. The summed E-state index contributed by atoms with van der Waals surface area (Å²) in [6, 6.07) is 1.57. The summed E-state index contributed by atoms with van der Waals surface area (Å²) < 4.78 is 10.8. The highest BCUT2D eigenvalue weighted by atomic mass is 127. The van der Waals surface area contributed by atoms with Gasteiger partial charge in [-0.05, 0) is 41.2 Å². The van der Waals surface area contributed by atoms with Crippen molar-refractivity contribution in [1.82, 2.24) is 4.98 Å². The van der Waals surface area contributed by atoms with E-state index < -0.39 is 5.97 Å². The SMILES string of the molecule is C=C(C)COc1c(C(=O)OC)ccnc1I. The second-order valence-corrected chi connectivity index (χ2v) is 4.24. The van der Waals surface area contributed by atoms with Gasteiger partial charge in [0.1, 0.15) is 15.9 Å². The molecule has 0 aliphatic rings. The topological polar surface area (TPSA) is 48.4 Å². The van der Waals surface area contributed by atoms with Crippen LogP contribution in [0.1, 0.15) is 17.3 Å². The molecule has 0 saturated heterocycles. The summed E-state index contributed by atoms with van der Waals surface area (Å²) in [7, 11) is 1.33. The zero-order valence-corrected chi connectivity index (χ0v) is 11.3. The molecule has 0 N–H and O–H groups in total. The largest absolute Gasteiger partial charge is 0.486 e. The van der Waals surface area contributed by atoms with Crippen molar-refractivity contribution in [3.8, 4) is 5.75 Å². The molecule has 0 radical (unpaired) electrons. The van der Waals surface area contributed by atoms with Crippen LogP contribution < -0.4 is 4.74 Å². The van der Waals surface area contributed by atoms with Crippen molar-refractivity contribution in [3.05, 3.63) is 33.7 Å². The highest BCUT2D eigenvalue weighted by molar-refractivity contribution is 14.1. The van der Waals surface area contributed by atoms with E-state index in [2.05, 4.69) is 16.3 Å². The molecule has 0 spiro atoms. The van der Waals surface area contributed by atoms with Crippen LogP contribution in [-0.4, -0.2) is 24.7 Å². The number of esters is 1. The van der Waals surface area contributed by atoms with Crippen LogP contribution in [0, 0.1) is 3.70 Å². The lowest BCUT2D eigenvalue weighted by molar-refractivity contribution is 0.0596. The molecule has 0 aliphatic carbocycles. The van der Waals surface area contributed by atoms with E-state index in [4.69, 9.17) is 4.74 Å². The summed E-state index contributed by atoms with van der Waals surface area (Å²) >= 11 is 2.01. The van der Waals surface area contributed by atoms with Gasteiger partial charge in [-0.15, -0.1) is 0 Å². The molecule has 86 valence electrons. The lowest BCUT2D eigenvalue weighted by Gasteiger charge is -2.10. The van der Waals surface area contributed by atoms with E-state index in [0.29, 0.717) is 21.6 Å². The summed E-state index contributed by atoms with van der Waals surface area (Å²) in [5, 5.41) is 0. The van der Waals surface area contributed by atoms with Gasteiger partial charge in [-0.3, -0.25) is 0 Å². The molecule has 0 atom stereocenters.